The van der Waals surface area contributed by atoms with Crippen LogP contribution in [0, 0.1) is 0 Å². The Morgan fingerprint density at radius 1 is 1.32 bits per heavy atom. The van der Waals surface area contributed by atoms with Gasteiger partial charge in [-0.1, -0.05) is 23.7 Å². The standard InChI is InChI=1S/C19H19BrClN3O4/c1-2-28-16-10-12(9-14(20)18(16)26)11-23-24-17(25)7-8-22-19(27)13-5-3-4-6-15(13)21/h3-6,9-11,26H,2,7-8H2,1H3,(H,22,27)(H,24,25)/b23-11+. The third kappa shape index (κ3) is 6.24. The van der Waals surface area contributed by atoms with Crippen LogP contribution in [0.4, 0.5) is 0 Å². The Morgan fingerprint density at radius 3 is 2.79 bits per heavy atom. The lowest BCUT2D eigenvalue weighted by atomic mass is 10.2. The summed E-state index contributed by atoms with van der Waals surface area (Å²) in [6.45, 7) is 2.35. The average molecular weight is 469 g/mol. The number of amides is 2. The number of hydrogen-bond acceptors (Lipinski definition) is 5. The Bertz CT molecular complexity index is 889. The van der Waals surface area contributed by atoms with E-state index in [-0.39, 0.29) is 30.5 Å². The maximum Gasteiger partial charge on any atom is 0.252 e. The van der Waals surface area contributed by atoms with Gasteiger partial charge in [-0.3, -0.25) is 9.59 Å². The summed E-state index contributed by atoms with van der Waals surface area (Å²) >= 11 is 9.18. The van der Waals surface area contributed by atoms with Crippen molar-refractivity contribution in [1.82, 2.24) is 10.7 Å². The Balaban J connectivity index is 1.82. The normalized spacial score (nSPS) is 10.7. The Hall–Kier alpha value is -2.58. The summed E-state index contributed by atoms with van der Waals surface area (Å²) in [6.07, 6.45) is 1.48. The van der Waals surface area contributed by atoms with Gasteiger partial charge in [-0.15, -0.1) is 0 Å². The number of nitrogens with zero attached hydrogens (tertiary/aromatic N) is 1. The number of phenolic OH excluding ortho intramolecular Hbond substituents is 1. The van der Waals surface area contributed by atoms with Gasteiger partial charge in [0.05, 0.1) is 27.9 Å². The number of benzene rings is 2. The van der Waals surface area contributed by atoms with Crippen LogP contribution < -0.4 is 15.5 Å². The van der Waals surface area contributed by atoms with Crippen molar-refractivity contribution in [3.05, 3.63) is 57.0 Å². The van der Waals surface area contributed by atoms with E-state index >= 15 is 0 Å². The smallest absolute Gasteiger partial charge is 0.252 e. The van der Waals surface area contributed by atoms with Crippen LogP contribution in [0.15, 0.2) is 46.0 Å². The molecule has 0 atom stereocenters. The van der Waals surface area contributed by atoms with Crippen LogP contribution in [-0.4, -0.2) is 36.3 Å². The van der Waals surface area contributed by atoms with E-state index in [1.165, 1.54) is 6.21 Å². The Labute approximate surface area is 175 Å². The zero-order valence-corrected chi connectivity index (χ0v) is 17.4. The molecule has 0 aliphatic heterocycles. The molecule has 0 spiro atoms. The predicted octanol–water partition coefficient (Wildman–Crippen LogP) is 3.48. The fraction of sp³-hybridized carbons (Fsp3) is 0.211. The van der Waals surface area contributed by atoms with Crippen LogP contribution in [0.5, 0.6) is 11.5 Å². The van der Waals surface area contributed by atoms with Gasteiger partial charge in [0.1, 0.15) is 0 Å². The molecular weight excluding hydrogens is 450 g/mol. The first kappa shape index (κ1) is 21.7. The number of rotatable bonds is 8. The third-order valence-corrected chi connectivity index (χ3v) is 4.44. The van der Waals surface area contributed by atoms with E-state index in [0.29, 0.717) is 33.0 Å². The molecule has 2 aromatic rings. The second kappa shape index (κ2) is 10.7. The molecule has 148 valence electrons. The van der Waals surface area contributed by atoms with Crippen LogP contribution in [0.2, 0.25) is 5.02 Å². The van der Waals surface area contributed by atoms with Gasteiger partial charge in [0, 0.05) is 13.0 Å². The minimum atomic E-state index is -0.362. The van der Waals surface area contributed by atoms with E-state index in [1.54, 1.807) is 43.3 Å². The third-order valence-electron chi connectivity index (χ3n) is 3.51. The van der Waals surface area contributed by atoms with E-state index in [4.69, 9.17) is 16.3 Å². The van der Waals surface area contributed by atoms with Gasteiger partial charge >= 0.3 is 0 Å². The van der Waals surface area contributed by atoms with Crippen LogP contribution in [0.3, 0.4) is 0 Å². The molecule has 2 rings (SSSR count). The molecule has 0 bridgehead atoms. The first-order valence-corrected chi connectivity index (χ1v) is 9.59. The van der Waals surface area contributed by atoms with Crippen LogP contribution in [0.25, 0.3) is 0 Å². The molecule has 0 heterocycles. The molecular formula is C19H19BrClN3O4. The van der Waals surface area contributed by atoms with Crippen molar-refractivity contribution in [1.29, 1.82) is 0 Å². The number of nitrogens with one attached hydrogen (secondary N) is 2. The molecule has 9 heteroatoms. The molecule has 0 radical (unpaired) electrons. The zero-order valence-electron chi connectivity index (χ0n) is 15.0. The van der Waals surface area contributed by atoms with Gasteiger partial charge in [0.25, 0.3) is 5.91 Å². The Morgan fingerprint density at radius 2 is 2.07 bits per heavy atom. The van der Waals surface area contributed by atoms with Crippen molar-refractivity contribution in [3.8, 4) is 11.5 Å². The lowest BCUT2D eigenvalue weighted by Crippen LogP contribution is -2.29. The molecule has 0 aliphatic carbocycles. The maximum absolute atomic E-state index is 12.0. The number of halogens is 2. The monoisotopic (exact) mass is 467 g/mol. The van der Waals surface area contributed by atoms with Gasteiger partial charge in [-0.2, -0.15) is 5.10 Å². The number of ether oxygens (including phenoxy) is 1. The van der Waals surface area contributed by atoms with Gasteiger partial charge in [-0.05, 0) is 52.7 Å². The summed E-state index contributed by atoms with van der Waals surface area (Å²) in [5.74, 6) is -0.401. The van der Waals surface area contributed by atoms with Crippen LogP contribution >= 0.6 is 27.5 Å². The molecule has 3 N–H and O–H groups in total. The summed E-state index contributed by atoms with van der Waals surface area (Å²) < 4.78 is 5.78. The molecule has 28 heavy (non-hydrogen) atoms. The van der Waals surface area contributed by atoms with E-state index in [1.807, 2.05) is 0 Å². The zero-order chi connectivity index (χ0) is 20.5. The highest BCUT2D eigenvalue weighted by Gasteiger charge is 2.10. The van der Waals surface area contributed by atoms with Gasteiger partial charge in [0.15, 0.2) is 11.5 Å². The lowest BCUT2D eigenvalue weighted by molar-refractivity contribution is -0.120. The molecule has 7 nitrogen and oxygen atoms in total. The fourth-order valence-corrected chi connectivity index (χ4v) is 2.88. The number of phenols is 1. The molecule has 0 unspecified atom stereocenters. The van der Waals surface area contributed by atoms with Crippen LogP contribution in [-0.2, 0) is 4.79 Å². The molecule has 2 amide bonds. The van der Waals surface area contributed by atoms with E-state index in [0.717, 1.165) is 0 Å². The highest BCUT2D eigenvalue weighted by atomic mass is 79.9. The van der Waals surface area contributed by atoms with E-state index in [2.05, 4.69) is 31.8 Å². The quantitative estimate of drug-likeness (QED) is 0.408. The summed E-state index contributed by atoms with van der Waals surface area (Å²) in [5.41, 5.74) is 3.35. The van der Waals surface area contributed by atoms with Crippen molar-refractivity contribution < 1.29 is 19.4 Å². The molecule has 0 saturated heterocycles. The average Bonchev–Trinajstić information content (AvgIpc) is 2.66. The first-order valence-electron chi connectivity index (χ1n) is 8.42. The fourth-order valence-electron chi connectivity index (χ4n) is 2.20. The minimum Gasteiger partial charge on any atom is -0.503 e. The van der Waals surface area contributed by atoms with Crippen molar-refractivity contribution >= 4 is 45.6 Å². The van der Waals surface area contributed by atoms with Gasteiger partial charge in [0.2, 0.25) is 5.91 Å². The number of carbonyl (C=O) groups is 2. The second-order valence-corrected chi connectivity index (χ2v) is 6.82. The lowest BCUT2D eigenvalue weighted by Gasteiger charge is -2.08. The summed E-state index contributed by atoms with van der Waals surface area (Å²) in [6, 6.07) is 9.90. The van der Waals surface area contributed by atoms with Gasteiger partial charge in [-0.25, -0.2) is 5.43 Å². The minimum absolute atomic E-state index is 0.00250. The highest BCUT2D eigenvalue weighted by molar-refractivity contribution is 9.10. The number of hydrazone groups is 1. The van der Waals surface area contributed by atoms with Crippen molar-refractivity contribution in [3.63, 3.8) is 0 Å². The van der Waals surface area contributed by atoms with Crippen molar-refractivity contribution in [2.45, 2.75) is 13.3 Å². The maximum atomic E-state index is 12.0. The highest BCUT2D eigenvalue weighted by Crippen LogP contribution is 2.35. The molecule has 0 aromatic heterocycles. The second-order valence-electron chi connectivity index (χ2n) is 5.56. The van der Waals surface area contributed by atoms with E-state index < -0.39 is 0 Å². The molecule has 0 saturated carbocycles. The van der Waals surface area contributed by atoms with E-state index in [9.17, 15) is 14.7 Å². The molecule has 2 aromatic carbocycles. The summed E-state index contributed by atoms with van der Waals surface area (Å²) in [5, 5.41) is 16.7. The summed E-state index contributed by atoms with van der Waals surface area (Å²) in [7, 11) is 0. The van der Waals surface area contributed by atoms with Gasteiger partial charge < -0.3 is 15.2 Å². The molecule has 0 aliphatic rings. The topological polar surface area (TPSA) is 100 Å². The van der Waals surface area contributed by atoms with Crippen molar-refractivity contribution in [2.24, 2.45) is 5.10 Å². The summed E-state index contributed by atoms with van der Waals surface area (Å²) in [4.78, 5) is 23.8. The SMILES string of the molecule is CCOc1cc(/C=N/NC(=O)CCNC(=O)c2ccccc2Cl)cc(Br)c1O. The van der Waals surface area contributed by atoms with Crippen LogP contribution in [0.1, 0.15) is 29.3 Å². The number of hydrogen-bond donors (Lipinski definition) is 3. The number of aromatic hydroxyl groups is 1. The first-order chi connectivity index (χ1) is 13.4. The molecule has 0 fully saturated rings. The largest absolute Gasteiger partial charge is 0.503 e. The van der Waals surface area contributed by atoms with Crippen molar-refractivity contribution in [2.75, 3.05) is 13.2 Å². The predicted molar refractivity (Wildman–Crippen MR) is 111 cm³/mol. The number of carbonyl (C=O) groups excluding carboxylic acids is 2. The Kier molecular flexibility index (Phi) is 8.28.